The molecule has 0 saturated carbocycles. The van der Waals surface area contributed by atoms with Crippen LogP contribution in [-0.2, 0) is 0 Å². The minimum Gasteiger partial charge on any atom is -0.770 e. The van der Waals surface area contributed by atoms with Gasteiger partial charge in [-0.15, -0.1) is 0 Å². The Labute approximate surface area is 175 Å². The van der Waals surface area contributed by atoms with Crippen molar-refractivity contribution in [2.75, 3.05) is 25.0 Å². The molecule has 0 bridgehead atoms. The summed E-state index contributed by atoms with van der Waals surface area (Å²) in [6.07, 6.45) is 0. The number of nitrogens with zero attached hydrogens (tertiary/aromatic N) is 2. The smallest absolute Gasteiger partial charge is 0.256 e. The molecule has 31 heavy (non-hydrogen) atoms. The number of hydrogen-bond acceptors (Lipinski definition) is 6. The number of benzene rings is 2. The molecular weight excluding hydrogens is 417 g/mol. The number of carbonyl (C=O) groups is 1. The highest BCUT2D eigenvalue weighted by Gasteiger charge is 2.44. The van der Waals surface area contributed by atoms with Crippen LogP contribution in [0.25, 0.3) is 0 Å². The van der Waals surface area contributed by atoms with Crippen molar-refractivity contribution in [3.8, 4) is 0 Å². The fourth-order valence-corrected chi connectivity index (χ4v) is 3.11. The first-order valence-corrected chi connectivity index (χ1v) is 9.09. The predicted octanol–water partition coefficient (Wildman–Crippen LogP) is 1.25. The highest BCUT2D eigenvalue weighted by Crippen LogP contribution is 2.31. The maximum atomic E-state index is 14.5. The summed E-state index contributed by atoms with van der Waals surface area (Å²) in [5, 5.41) is 23.0. The normalized spacial score (nSPS) is 15.4. The number of β-amino-alcohol motifs (C(OH)–C–C–N with tert-alkyl or cyclic N) is 1. The number of anilines is 2. The summed E-state index contributed by atoms with van der Waals surface area (Å²) in [6, 6.07) is 5.99. The summed E-state index contributed by atoms with van der Waals surface area (Å²) in [5.41, 5.74) is 7.03. The number of rotatable bonds is 6. The molecule has 1 saturated heterocycles. The van der Waals surface area contributed by atoms with E-state index >= 15 is 0 Å². The molecular formula is C19H20F3N6O3-. The first kappa shape index (κ1) is 22.3. The van der Waals surface area contributed by atoms with E-state index in [1.54, 1.807) is 13.0 Å². The number of aryl methyl sites for hydroxylation is 1. The minimum absolute atomic E-state index is 0.131. The van der Waals surface area contributed by atoms with Crippen molar-refractivity contribution < 1.29 is 23.1 Å². The molecule has 1 aliphatic rings. The summed E-state index contributed by atoms with van der Waals surface area (Å²) in [4.78, 5) is 17.8. The van der Waals surface area contributed by atoms with Crippen molar-refractivity contribution in [1.82, 2.24) is 15.9 Å². The molecule has 0 unspecified atom stereocenters. The molecule has 0 atom stereocenters. The number of halogens is 3. The molecule has 3 rings (SSSR count). The van der Waals surface area contributed by atoms with Crippen LogP contribution in [0.3, 0.4) is 0 Å². The van der Waals surface area contributed by atoms with Crippen LogP contribution in [0, 0.1) is 29.6 Å². The van der Waals surface area contributed by atoms with Crippen LogP contribution >= 0.6 is 0 Å². The lowest BCUT2D eigenvalue weighted by atomic mass is 9.93. The maximum Gasteiger partial charge on any atom is 0.256 e. The monoisotopic (exact) mass is 437 g/mol. The third kappa shape index (κ3) is 4.87. The van der Waals surface area contributed by atoms with Crippen molar-refractivity contribution in [3.63, 3.8) is 0 Å². The lowest BCUT2D eigenvalue weighted by Crippen LogP contribution is -2.65. The number of guanidine groups is 1. The molecule has 2 aromatic carbocycles. The van der Waals surface area contributed by atoms with Crippen molar-refractivity contribution in [2.45, 2.75) is 12.5 Å². The third-order valence-electron chi connectivity index (χ3n) is 4.69. The molecule has 6 N–H and O–H groups in total. The first-order chi connectivity index (χ1) is 14.6. The van der Waals surface area contributed by atoms with Gasteiger partial charge >= 0.3 is 0 Å². The van der Waals surface area contributed by atoms with E-state index in [1.807, 2.05) is 5.43 Å². The van der Waals surface area contributed by atoms with Gasteiger partial charge in [0.25, 0.3) is 5.91 Å². The molecule has 1 amide bonds. The van der Waals surface area contributed by atoms with Gasteiger partial charge in [0, 0.05) is 0 Å². The van der Waals surface area contributed by atoms with Gasteiger partial charge in [0.05, 0.1) is 36.6 Å². The Kier molecular flexibility index (Phi) is 6.34. The van der Waals surface area contributed by atoms with E-state index < -0.39 is 34.6 Å². The Hall–Kier alpha value is -3.35. The summed E-state index contributed by atoms with van der Waals surface area (Å²) < 4.78 is 42.5. The molecule has 12 heteroatoms. The zero-order chi connectivity index (χ0) is 22.8. The van der Waals surface area contributed by atoms with Gasteiger partial charge < -0.3 is 37.3 Å². The highest BCUT2D eigenvalue weighted by atomic mass is 19.2. The molecule has 0 radical (unpaired) electrons. The SMILES string of the molecule is Cc1ccc(Nc2c(C(=O)N3CC(O)(CN=C(N)NN[O-])C3)ccc(F)c2F)c(F)c1. The fourth-order valence-electron chi connectivity index (χ4n) is 3.11. The Morgan fingerprint density at radius 2 is 1.97 bits per heavy atom. The summed E-state index contributed by atoms with van der Waals surface area (Å²) in [6.45, 7) is 1.14. The summed E-state index contributed by atoms with van der Waals surface area (Å²) >= 11 is 0. The van der Waals surface area contributed by atoms with Gasteiger partial charge in [-0.05, 0) is 36.8 Å². The number of hydrogen-bond donors (Lipinski definition) is 5. The van der Waals surface area contributed by atoms with E-state index in [0.29, 0.717) is 5.56 Å². The van der Waals surface area contributed by atoms with Gasteiger partial charge in [-0.3, -0.25) is 4.79 Å². The second kappa shape index (κ2) is 8.79. The van der Waals surface area contributed by atoms with Crippen LogP contribution in [0.4, 0.5) is 24.5 Å². The van der Waals surface area contributed by atoms with Gasteiger partial charge in [-0.25, -0.2) is 18.2 Å². The number of amides is 1. The van der Waals surface area contributed by atoms with E-state index in [2.05, 4.69) is 10.3 Å². The molecule has 1 heterocycles. The summed E-state index contributed by atoms with van der Waals surface area (Å²) in [5.74, 6) is -4.20. The van der Waals surface area contributed by atoms with Crippen LogP contribution < -0.4 is 22.1 Å². The number of aliphatic hydroxyl groups is 1. The largest absolute Gasteiger partial charge is 0.770 e. The lowest BCUT2D eigenvalue weighted by molar-refractivity contribution is -0.0731. The fraction of sp³-hybridized carbons (Fsp3) is 0.263. The number of carbonyl (C=O) groups excluding carboxylic acids is 1. The Morgan fingerprint density at radius 1 is 1.26 bits per heavy atom. The second-order valence-corrected chi connectivity index (χ2v) is 7.21. The molecule has 0 aromatic heterocycles. The predicted molar refractivity (Wildman–Crippen MR) is 108 cm³/mol. The quantitative estimate of drug-likeness (QED) is 0.260. The standard InChI is InChI=1S/C19H20F3N6O3/c1-10-2-5-14(13(21)6-10)25-16-11(3-4-12(20)15(16)22)17(29)28-8-19(30,9-28)7-24-18(23)26-27-31/h2-6,25,27,30H,7-9H2,1H3,(H3,23,24,26)/q-1. The number of nitrogens with two attached hydrogens (primary N) is 1. The van der Waals surface area contributed by atoms with Gasteiger partial charge in [0.2, 0.25) is 5.96 Å². The first-order valence-electron chi connectivity index (χ1n) is 9.09. The van der Waals surface area contributed by atoms with Gasteiger partial charge in [0.15, 0.2) is 11.6 Å². The molecule has 0 spiro atoms. The van der Waals surface area contributed by atoms with Crippen molar-refractivity contribution in [2.24, 2.45) is 10.7 Å². The van der Waals surface area contributed by atoms with E-state index in [0.717, 1.165) is 12.1 Å². The molecule has 2 aromatic rings. The molecule has 166 valence electrons. The zero-order valence-corrected chi connectivity index (χ0v) is 16.4. The van der Waals surface area contributed by atoms with E-state index in [-0.39, 0.29) is 36.8 Å². The number of likely N-dealkylation sites (tertiary alicyclic amines) is 1. The Bertz CT molecular complexity index is 1030. The van der Waals surface area contributed by atoms with Crippen LogP contribution in [0.1, 0.15) is 15.9 Å². The van der Waals surface area contributed by atoms with E-state index in [4.69, 9.17) is 5.73 Å². The molecule has 0 aliphatic carbocycles. The van der Waals surface area contributed by atoms with Gasteiger partial charge in [-0.2, -0.15) is 0 Å². The summed E-state index contributed by atoms with van der Waals surface area (Å²) in [7, 11) is 0. The van der Waals surface area contributed by atoms with Crippen molar-refractivity contribution >= 4 is 23.2 Å². The number of hydrazine groups is 1. The van der Waals surface area contributed by atoms with Gasteiger partial charge in [0.1, 0.15) is 11.4 Å². The lowest BCUT2D eigenvalue weighted by Gasteiger charge is -2.45. The minimum atomic E-state index is -1.40. The Balaban J connectivity index is 1.79. The van der Waals surface area contributed by atoms with Crippen molar-refractivity contribution in [3.05, 3.63) is 64.1 Å². The number of aliphatic imine (C=N–C) groups is 1. The topological polar surface area (TPSA) is 138 Å². The average molecular weight is 437 g/mol. The Morgan fingerprint density at radius 3 is 2.61 bits per heavy atom. The van der Waals surface area contributed by atoms with E-state index in [1.165, 1.54) is 22.6 Å². The average Bonchev–Trinajstić information content (AvgIpc) is 2.69. The second-order valence-electron chi connectivity index (χ2n) is 7.21. The number of nitrogens with one attached hydrogen (secondary N) is 3. The third-order valence-corrected chi connectivity index (χ3v) is 4.69. The van der Waals surface area contributed by atoms with Crippen LogP contribution in [0.2, 0.25) is 0 Å². The molecule has 1 fully saturated rings. The van der Waals surface area contributed by atoms with Crippen LogP contribution in [-0.4, -0.2) is 47.1 Å². The van der Waals surface area contributed by atoms with Crippen molar-refractivity contribution in [1.29, 1.82) is 0 Å². The molecule has 1 aliphatic heterocycles. The zero-order valence-electron chi connectivity index (χ0n) is 16.4. The van der Waals surface area contributed by atoms with E-state index in [9.17, 15) is 28.3 Å². The molecule has 9 nitrogen and oxygen atoms in total. The van der Waals surface area contributed by atoms with Crippen LogP contribution in [0.5, 0.6) is 0 Å². The van der Waals surface area contributed by atoms with Gasteiger partial charge in [-0.1, -0.05) is 6.07 Å². The van der Waals surface area contributed by atoms with Crippen LogP contribution in [0.15, 0.2) is 35.3 Å². The highest BCUT2D eigenvalue weighted by molar-refractivity contribution is 6.01. The maximum absolute atomic E-state index is 14.5.